The number of aliphatic carboxylic acids is 1. The topological polar surface area (TPSA) is 80.0 Å². The summed E-state index contributed by atoms with van der Waals surface area (Å²) in [6.07, 6.45) is 0.474. The molecule has 1 fully saturated rings. The molecule has 3 rings (SSSR count). The molecular formula is C17H16BrNO5. The van der Waals surface area contributed by atoms with Crippen LogP contribution >= 0.6 is 15.9 Å². The number of ether oxygens (including phenoxy) is 1. The van der Waals surface area contributed by atoms with Gasteiger partial charge in [-0.3, -0.25) is 9.59 Å². The number of hydrogen-bond donors (Lipinski definition) is 1. The SMILES string of the molecule is O=C(O)[C@@H]1CCN(C(=O)c2ccc(COc3ccc(Br)cc3)o2)C1. The number of nitrogens with zero attached hydrogens (tertiary/aromatic N) is 1. The maximum atomic E-state index is 12.3. The van der Waals surface area contributed by atoms with Crippen LogP contribution in [-0.4, -0.2) is 35.0 Å². The number of halogens is 1. The van der Waals surface area contributed by atoms with E-state index in [2.05, 4.69) is 15.9 Å². The van der Waals surface area contributed by atoms with Crippen molar-refractivity contribution in [3.05, 3.63) is 52.4 Å². The van der Waals surface area contributed by atoms with Crippen LogP contribution in [0.25, 0.3) is 0 Å². The quantitative estimate of drug-likeness (QED) is 0.843. The summed E-state index contributed by atoms with van der Waals surface area (Å²) in [6, 6.07) is 10.7. The summed E-state index contributed by atoms with van der Waals surface area (Å²) in [6.45, 7) is 0.869. The van der Waals surface area contributed by atoms with Crippen molar-refractivity contribution in [2.75, 3.05) is 13.1 Å². The summed E-state index contributed by atoms with van der Waals surface area (Å²) in [7, 11) is 0. The Morgan fingerprint density at radius 2 is 2.00 bits per heavy atom. The van der Waals surface area contributed by atoms with Gasteiger partial charge in [0.25, 0.3) is 5.91 Å². The molecule has 1 N–H and O–H groups in total. The van der Waals surface area contributed by atoms with Gasteiger partial charge < -0.3 is 19.2 Å². The van der Waals surface area contributed by atoms with Gasteiger partial charge in [-0.25, -0.2) is 0 Å². The Bertz CT molecular complexity index is 740. The molecule has 24 heavy (non-hydrogen) atoms. The third-order valence-electron chi connectivity index (χ3n) is 3.89. The van der Waals surface area contributed by atoms with Crippen molar-refractivity contribution in [2.24, 2.45) is 5.92 Å². The molecule has 1 aromatic carbocycles. The van der Waals surface area contributed by atoms with Gasteiger partial charge >= 0.3 is 5.97 Å². The minimum Gasteiger partial charge on any atom is -0.486 e. The predicted octanol–water partition coefficient (Wildman–Crippen LogP) is 3.17. The van der Waals surface area contributed by atoms with Crippen molar-refractivity contribution < 1.29 is 23.8 Å². The smallest absolute Gasteiger partial charge is 0.308 e. The standard InChI is InChI=1S/C17H16BrNO5/c18-12-1-3-13(4-2-12)23-10-14-5-6-15(24-14)16(20)19-8-7-11(9-19)17(21)22/h1-6,11H,7-10H2,(H,21,22)/t11-/m1/s1. The van der Waals surface area contributed by atoms with Crippen LogP contribution in [0.3, 0.4) is 0 Å². The first-order valence-corrected chi connectivity index (χ1v) is 8.31. The van der Waals surface area contributed by atoms with Crippen molar-refractivity contribution in [1.29, 1.82) is 0 Å². The number of likely N-dealkylation sites (tertiary alicyclic amines) is 1. The molecule has 2 heterocycles. The summed E-state index contributed by atoms with van der Waals surface area (Å²) in [5.41, 5.74) is 0. The van der Waals surface area contributed by atoms with E-state index in [1.54, 1.807) is 12.1 Å². The minimum absolute atomic E-state index is 0.204. The Hall–Kier alpha value is -2.28. The number of carbonyl (C=O) groups excluding carboxylic acids is 1. The Morgan fingerprint density at radius 1 is 1.25 bits per heavy atom. The van der Waals surface area contributed by atoms with Crippen molar-refractivity contribution >= 4 is 27.8 Å². The van der Waals surface area contributed by atoms with Gasteiger partial charge in [0.1, 0.15) is 18.1 Å². The number of furan rings is 1. The molecule has 0 spiro atoms. The normalized spacial score (nSPS) is 17.0. The Kier molecular flexibility index (Phi) is 4.89. The molecule has 0 unspecified atom stereocenters. The number of amides is 1. The molecule has 1 saturated heterocycles. The van der Waals surface area contributed by atoms with Crippen LogP contribution in [0.4, 0.5) is 0 Å². The highest BCUT2D eigenvalue weighted by atomic mass is 79.9. The molecule has 7 heteroatoms. The maximum absolute atomic E-state index is 12.3. The zero-order valence-electron chi connectivity index (χ0n) is 12.8. The van der Waals surface area contributed by atoms with Crippen LogP contribution in [0.15, 0.2) is 45.3 Å². The molecule has 0 bridgehead atoms. The molecule has 1 aliphatic heterocycles. The maximum Gasteiger partial charge on any atom is 0.308 e. The van der Waals surface area contributed by atoms with Gasteiger partial charge in [0.05, 0.1) is 5.92 Å². The van der Waals surface area contributed by atoms with E-state index >= 15 is 0 Å². The van der Waals surface area contributed by atoms with Crippen molar-refractivity contribution in [2.45, 2.75) is 13.0 Å². The fraction of sp³-hybridized carbons (Fsp3) is 0.294. The van der Waals surface area contributed by atoms with E-state index < -0.39 is 11.9 Å². The number of carbonyl (C=O) groups is 2. The first-order chi connectivity index (χ1) is 11.5. The van der Waals surface area contributed by atoms with Gasteiger partial charge in [-0.05, 0) is 42.8 Å². The van der Waals surface area contributed by atoms with Crippen LogP contribution in [-0.2, 0) is 11.4 Å². The number of benzene rings is 1. The zero-order valence-corrected chi connectivity index (χ0v) is 14.4. The second-order valence-corrected chi connectivity index (χ2v) is 6.50. The first-order valence-electron chi connectivity index (χ1n) is 7.52. The van der Waals surface area contributed by atoms with Gasteiger partial charge in [0, 0.05) is 17.6 Å². The Balaban J connectivity index is 1.58. The van der Waals surface area contributed by atoms with Crippen LogP contribution in [0, 0.1) is 5.92 Å². The highest BCUT2D eigenvalue weighted by Gasteiger charge is 2.32. The molecule has 0 aliphatic carbocycles. The van der Waals surface area contributed by atoms with E-state index in [0.717, 1.165) is 4.47 Å². The molecule has 1 amide bonds. The fourth-order valence-electron chi connectivity index (χ4n) is 2.56. The fourth-order valence-corrected chi connectivity index (χ4v) is 2.82. The van der Waals surface area contributed by atoms with E-state index in [0.29, 0.717) is 24.5 Å². The largest absolute Gasteiger partial charge is 0.486 e. The highest BCUT2D eigenvalue weighted by molar-refractivity contribution is 9.10. The van der Waals surface area contributed by atoms with E-state index in [1.807, 2.05) is 24.3 Å². The van der Waals surface area contributed by atoms with E-state index in [-0.39, 0.29) is 24.8 Å². The monoisotopic (exact) mass is 393 g/mol. The molecule has 1 aliphatic rings. The number of rotatable bonds is 5. The van der Waals surface area contributed by atoms with Gasteiger partial charge in [-0.2, -0.15) is 0 Å². The molecule has 1 atom stereocenters. The van der Waals surface area contributed by atoms with Gasteiger partial charge in [0.15, 0.2) is 5.76 Å². The van der Waals surface area contributed by atoms with Crippen LogP contribution in [0.5, 0.6) is 5.75 Å². The number of carboxylic acid groups (broad SMARTS) is 1. The minimum atomic E-state index is -0.867. The van der Waals surface area contributed by atoms with Crippen molar-refractivity contribution in [3.8, 4) is 5.75 Å². The zero-order chi connectivity index (χ0) is 17.1. The summed E-state index contributed by atoms with van der Waals surface area (Å²) in [5, 5.41) is 9.00. The lowest BCUT2D eigenvalue weighted by Crippen LogP contribution is -2.29. The molecule has 0 saturated carbocycles. The summed E-state index contributed by atoms with van der Waals surface area (Å²) < 4.78 is 12.1. The lowest BCUT2D eigenvalue weighted by molar-refractivity contribution is -0.141. The summed E-state index contributed by atoms with van der Waals surface area (Å²) in [4.78, 5) is 24.8. The van der Waals surface area contributed by atoms with Crippen LogP contribution < -0.4 is 4.74 Å². The van der Waals surface area contributed by atoms with Crippen molar-refractivity contribution in [3.63, 3.8) is 0 Å². The Morgan fingerprint density at radius 3 is 2.67 bits per heavy atom. The Labute approximate surface area is 147 Å². The number of carboxylic acids is 1. The van der Waals surface area contributed by atoms with E-state index in [4.69, 9.17) is 14.3 Å². The molecule has 0 radical (unpaired) electrons. The van der Waals surface area contributed by atoms with Gasteiger partial charge in [-0.15, -0.1) is 0 Å². The molecule has 6 nitrogen and oxygen atoms in total. The third kappa shape index (κ3) is 3.79. The van der Waals surface area contributed by atoms with Crippen LogP contribution in [0.1, 0.15) is 22.7 Å². The predicted molar refractivity (Wildman–Crippen MR) is 88.8 cm³/mol. The summed E-state index contributed by atoms with van der Waals surface area (Å²) in [5.74, 6) is -0.205. The van der Waals surface area contributed by atoms with Crippen molar-refractivity contribution in [1.82, 2.24) is 4.90 Å². The second kappa shape index (κ2) is 7.09. The third-order valence-corrected chi connectivity index (χ3v) is 4.42. The first kappa shape index (κ1) is 16.6. The number of hydrogen-bond acceptors (Lipinski definition) is 4. The summed E-state index contributed by atoms with van der Waals surface area (Å²) >= 11 is 3.35. The van der Waals surface area contributed by atoms with Gasteiger partial charge in [0.2, 0.25) is 0 Å². The van der Waals surface area contributed by atoms with Gasteiger partial charge in [-0.1, -0.05) is 15.9 Å². The lowest BCUT2D eigenvalue weighted by atomic mass is 10.1. The van der Waals surface area contributed by atoms with Crippen LogP contribution in [0.2, 0.25) is 0 Å². The molecular weight excluding hydrogens is 378 g/mol. The molecule has 126 valence electrons. The molecule has 2 aromatic rings. The lowest BCUT2D eigenvalue weighted by Gasteiger charge is -2.13. The second-order valence-electron chi connectivity index (χ2n) is 5.58. The average molecular weight is 394 g/mol. The average Bonchev–Trinajstić information content (AvgIpc) is 3.23. The van der Waals surface area contributed by atoms with E-state index in [1.165, 1.54) is 4.90 Å². The van der Waals surface area contributed by atoms with E-state index in [9.17, 15) is 9.59 Å². The highest BCUT2D eigenvalue weighted by Crippen LogP contribution is 2.21. The molecule has 1 aromatic heterocycles.